The molecule has 2 saturated carbocycles. The van der Waals surface area contributed by atoms with Gasteiger partial charge in [-0.25, -0.2) is 0 Å². The minimum absolute atomic E-state index is 0.458. The highest BCUT2D eigenvalue weighted by Gasteiger charge is 2.34. The molecule has 2 aliphatic carbocycles. The summed E-state index contributed by atoms with van der Waals surface area (Å²) in [5.74, 6) is 2.89. The average molecular weight is 279 g/mol. The van der Waals surface area contributed by atoms with E-state index in [0.717, 1.165) is 24.4 Å². The first-order chi connectivity index (χ1) is 9.83. The van der Waals surface area contributed by atoms with E-state index >= 15 is 0 Å². The van der Waals surface area contributed by atoms with Crippen LogP contribution in [0.4, 0.5) is 0 Å². The van der Waals surface area contributed by atoms with Crippen LogP contribution < -0.4 is 5.73 Å². The lowest BCUT2D eigenvalue weighted by Crippen LogP contribution is -2.37. The summed E-state index contributed by atoms with van der Waals surface area (Å²) in [7, 11) is 0. The van der Waals surface area contributed by atoms with E-state index < -0.39 is 0 Å². The lowest BCUT2D eigenvalue weighted by Gasteiger charge is -2.41. The second-order valence-corrected chi connectivity index (χ2v) is 7.61. The van der Waals surface area contributed by atoms with Crippen molar-refractivity contribution in [2.24, 2.45) is 23.5 Å². The summed E-state index contributed by atoms with van der Waals surface area (Å²) in [4.78, 5) is 0. The molecule has 5 atom stereocenters. The van der Waals surface area contributed by atoms with Crippen molar-refractivity contribution in [1.29, 1.82) is 0 Å². The molecule has 0 radical (unpaired) electrons. The van der Waals surface area contributed by atoms with Crippen molar-refractivity contribution in [2.45, 2.75) is 89.2 Å². The topological polar surface area (TPSA) is 35.2 Å². The van der Waals surface area contributed by atoms with Crippen LogP contribution in [0.1, 0.15) is 77.0 Å². The van der Waals surface area contributed by atoms with Crippen molar-refractivity contribution in [2.75, 3.05) is 6.61 Å². The van der Waals surface area contributed by atoms with E-state index in [1.807, 2.05) is 0 Å². The quantitative estimate of drug-likeness (QED) is 0.815. The van der Waals surface area contributed by atoms with Crippen LogP contribution in [0, 0.1) is 17.8 Å². The van der Waals surface area contributed by atoms with Crippen LogP contribution >= 0.6 is 0 Å². The van der Waals surface area contributed by atoms with E-state index in [2.05, 4.69) is 0 Å². The molecule has 1 saturated heterocycles. The highest BCUT2D eigenvalue weighted by atomic mass is 16.5. The van der Waals surface area contributed by atoms with Gasteiger partial charge in [-0.3, -0.25) is 0 Å². The van der Waals surface area contributed by atoms with Gasteiger partial charge in [0.25, 0.3) is 0 Å². The second-order valence-electron chi connectivity index (χ2n) is 7.61. The molecule has 3 rings (SSSR count). The van der Waals surface area contributed by atoms with Gasteiger partial charge < -0.3 is 10.5 Å². The fourth-order valence-electron chi connectivity index (χ4n) is 4.99. The number of rotatable bonds is 5. The summed E-state index contributed by atoms with van der Waals surface area (Å²) < 4.78 is 5.71. The van der Waals surface area contributed by atoms with Crippen LogP contribution in [-0.4, -0.2) is 18.8 Å². The average Bonchev–Trinajstić information content (AvgIpc) is 3.00. The first-order valence-corrected chi connectivity index (χ1v) is 9.20. The molecule has 0 aromatic carbocycles. The van der Waals surface area contributed by atoms with E-state index in [-0.39, 0.29) is 0 Å². The standard InChI is InChI=1S/C18H33NO/c19-18(9-3-7-17-8-4-12-20-17)16-11-10-14-5-1-2-6-15(14)13-16/h14-18H,1-13,19H2. The fourth-order valence-corrected chi connectivity index (χ4v) is 4.99. The Morgan fingerprint density at radius 2 is 1.80 bits per heavy atom. The zero-order chi connectivity index (χ0) is 13.8. The Hall–Kier alpha value is -0.0800. The molecule has 2 nitrogen and oxygen atoms in total. The van der Waals surface area contributed by atoms with E-state index in [4.69, 9.17) is 10.5 Å². The maximum absolute atomic E-state index is 6.51. The van der Waals surface area contributed by atoms with Gasteiger partial charge in [0, 0.05) is 12.6 Å². The van der Waals surface area contributed by atoms with Gasteiger partial charge in [-0.15, -0.1) is 0 Å². The number of hydrogen-bond donors (Lipinski definition) is 1. The highest BCUT2D eigenvalue weighted by Crippen LogP contribution is 2.43. The van der Waals surface area contributed by atoms with Crippen LogP contribution in [0.5, 0.6) is 0 Å². The van der Waals surface area contributed by atoms with E-state index in [0.29, 0.717) is 12.1 Å². The number of ether oxygens (including phenoxy) is 1. The minimum Gasteiger partial charge on any atom is -0.378 e. The van der Waals surface area contributed by atoms with Crippen molar-refractivity contribution in [1.82, 2.24) is 0 Å². The van der Waals surface area contributed by atoms with Gasteiger partial charge in [0.05, 0.1) is 6.10 Å². The Bertz CT molecular complexity index is 287. The zero-order valence-corrected chi connectivity index (χ0v) is 13.1. The van der Waals surface area contributed by atoms with Crippen LogP contribution in [0.3, 0.4) is 0 Å². The lowest BCUT2D eigenvalue weighted by molar-refractivity contribution is 0.0960. The number of nitrogens with two attached hydrogens (primary N) is 1. The summed E-state index contributed by atoms with van der Waals surface area (Å²) in [5.41, 5.74) is 6.51. The van der Waals surface area contributed by atoms with E-state index in [9.17, 15) is 0 Å². The Labute approximate surface area is 124 Å². The maximum Gasteiger partial charge on any atom is 0.0576 e. The van der Waals surface area contributed by atoms with Gasteiger partial charge in [-0.1, -0.05) is 25.7 Å². The predicted octanol–water partition coefficient (Wildman–Crippen LogP) is 4.27. The first kappa shape index (κ1) is 14.8. The van der Waals surface area contributed by atoms with Crippen LogP contribution in [-0.2, 0) is 4.74 Å². The van der Waals surface area contributed by atoms with Crippen LogP contribution in [0.2, 0.25) is 0 Å². The third-order valence-corrected chi connectivity index (χ3v) is 6.27. The monoisotopic (exact) mass is 279 g/mol. The third-order valence-electron chi connectivity index (χ3n) is 6.27. The van der Waals surface area contributed by atoms with Gasteiger partial charge in [0.2, 0.25) is 0 Å². The van der Waals surface area contributed by atoms with Crippen molar-refractivity contribution in [3.63, 3.8) is 0 Å². The zero-order valence-electron chi connectivity index (χ0n) is 13.1. The molecule has 20 heavy (non-hydrogen) atoms. The van der Waals surface area contributed by atoms with Gasteiger partial charge in [0.15, 0.2) is 0 Å². The predicted molar refractivity (Wildman–Crippen MR) is 83.6 cm³/mol. The van der Waals surface area contributed by atoms with E-state index in [1.54, 1.807) is 0 Å². The molecule has 116 valence electrons. The molecule has 0 aromatic heterocycles. The normalized spacial score (nSPS) is 39.5. The summed E-state index contributed by atoms with van der Waals surface area (Å²) >= 11 is 0. The van der Waals surface area contributed by atoms with Crippen molar-refractivity contribution >= 4 is 0 Å². The first-order valence-electron chi connectivity index (χ1n) is 9.20. The number of fused-ring (bicyclic) bond motifs is 1. The molecular formula is C18H33NO. The number of hydrogen-bond acceptors (Lipinski definition) is 2. The molecule has 0 spiro atoms. The van der Waals surface area contributed by atoms with E-state index in [1.165, 1.54) is 77.0 Å². The summed E-state index contributed by atoms with van der Waals surface area (Å²) in [5, 5.41) is 0. The second kappa shape index (κ2) is 7.26. The molecule has 0 aromatic rings. The molecule has 2 heteroatoms. The van der Waals surface area contributed by atoms with Crippen LogP contribution in [0.15, 0.2) is 0 Å². The third kappa shape index (κ3) is 3.76. The Balaban J connectivity index is 1.37. The SMILES string of the molecule is NC(CCCC1CCCO1)C1CCC2CCCCC2C1. The molecule has 3 aliphatic rings. The van der Waals surface area contributed by atoms with Crippen molar-refractivity contribution < 1.29 is 4.74 Å². The highest BCUT2D eigenvalue weighted by molar-refractivity contribution is 4.87. The Kier molecular flexibility index (Phi) is 5.39. The molecule has 0 amide bonds. The van der Waals surface area contributed by atoms with Gasteiger partial charge in [-0.05, 0) is 69.1 Å². The Morgan fingerprint density at radius 3 is 2.60 bits per heavy atom. The lowest BCUT2D eigenvalue weighted by atomic mass is 9.66. The Morgan fingerprint density at radius 1 is 0.950 bits per heavy atom. The molecule has 1 aliphatic heterocycles. The summed E-state index contributed by atoms with van der Waals surface area (Å²) in [6.07, 6.45) is 17.1. The molecule has 5 unspecified atom stereocenters. The summed E-state index contributed by atoms with van der Waals surface area (Å²) in [6.45, 7) is 0.989. The smallest absolute Gasteiger partial charge is 0.0576 e. The minimum atomic E-state index is 0.458. The van der Waals surface area contributed by atoms with Gasteiger partial charge >= 0.3 is 0 Å². The maximum atomic E-state index is 6.51. The van der Waals surface area contributed by atoms with Gasteiger partial charge in [-0.2, -0.15) is 0 Å². The molecule has 2 N–H and O–H groups in total. The molecular weight excluding hydrogens is 246 g/mol. The summed E-state index contributed by atoms with van der Waals surface area (Å²) in [6, 6.07) is 0.458. The molecule has 3 fully saturated rings. The van der Waals surface area contributed by atoms with Crippen molar-refractivity contribution in [3.8, 4) is 0 Å². The van der Waals surface area contributed by atoms with Crippen LogP contribution in [0.25, 0.3) is 0 Å². The molecule has 1 heterocycles. The fraction of sp³-hybridized carbons (Fsp3) is 1.00. The largest absolute Gasteiger partial charge is 0.378 e. The van der Waals surface area contributed by atoms with Crippen molar-refractivity contribution in [3.05, 3.63) is 0 Å². The molecule has 0 bridgehead atoms. The van der Waals surface area contributed by atoms with Gasteiger partial charge in [0.1, 0.15) is 0 Å².